The lowest BCUT2D eigenvalue weighted by Crippen LogP contribution is -2.33. The van der Waals surface area contributed by atoms with Gasteiger partial charge in [0.2, 0.25) is 5.91 Å². The average molecular weight is 411 g/mol. The first kappa shape index (κ1) is 22.1. The lowest BCUT2D eigenvalue weighted by atomic mass is 9.98. The summed E-state index contributed by atoms with van der Waals surface area (Å²) >= 11 is 0. The Bertz CT molecular complexity index is 1030. The third-order valence-corrected chi connectivity index (χ3v) is 5.62. The van der Waals surface area contributed by atoms with Crippen molar-refractivity contribution in [2.45, 2.75) is 85.7 Å². The molecule has 6 nitrogen and oxygen atoms in total. The summed E-state index contributed by atoms with van der Waals surface area (Å²) in [5, 5.41) is 8.96. The minimum absolute atomic E-state index is 0.0722. The molecular formula is C24H34N4O2. The SMILES string of the molecule is Cc1nc2c(c(C)nn2C(C)(C)C)c(C)c1CCC(=O)N[C@@H](C)CCc1ccco1. The molecule has 30 heavy (non-hydrogen) atoms. The highest BCUT2D eigenvalue weighted by Crippen LogP contribution is 2.29. The van der Waals surface area contributed by atoms with Crippen LogP contribution >= 0.6 is 0 Å². The molecular weight excluding hydrogens is 376 g/mol. The van der Waals surface area contributed by atoms with Crippen LogP contribution in [-0.2, 0) is 23.2 Å². The van der Waals surface area contributed by atoms with Crippen molar-refractivity contribution >= 4 is 16.9 Å². The average Bonchev–Trinajstić information content (AvgIpc) is 3.27. The number of aryl methyl sites for hydroxylation is 4. The Balaban J connectivity index is 1.68. The Hall–Kier alpha value is -2.63. The molecule has 162 valence electrons. The van der Waals surface area contributed by atoms with Gasteiger partial charge in [0.05, 0.1) is 17.5 Å². The Labute approximate surface area is 179 Å². The van der Waals surface area contributed by atoms with Gasteiger partial charge < -0.3 is 9.73 Å². The van der Waals surface area contributed by atoms with Gasteiger partial charge in [-0.25, -0.2) is 9.67 Å². The molecule has 0 bridgehead atoms. The van der Waals surface area contributed by atoms with E-state index in [0.717, 1.165) is 46.6 Å². The number of carbonyl (C=O) groups excluding carboxylic acids is 1. The summed E-state index contributed by atoms with van der Waals surface area (Å²) in [7, 11) is 0. The molecule has 3 rings (SSSR count). The number of fused-ring (bicyclic) bond motifs is 1. The van der Waals surface area contributed by atoms with E-state index >= 15 is 0 Å². The quantitative estimate of drug-likeness (QED) is 0.609. The van der Waals surface area contributed by atoms with E-state index in [1.54, 1.807) is 6.26 Å². The van der Waals surface area contributed by atoms with Crippen LogP contribution in [0.5, 0.6) is 0 Å². The number of pyridine rings is 1. The van der Waals surface area contributed by atoms with Crippen LogP contribution in [0, 0.1) is 20.8 Å². The second-order valence-electron chi connectivity index (χ2n) is 9.25. The number of furan rings is 1. The molecule has 0 saturated carbocycles. The molecule has 0 aliphatic carbocycles. The number of amides is 1. The van der Waals surface area contributed by atoms with Crippen LogP contribution in [0.3, 0.4) is 0 Å². The minimum atomic E-state index is -0.133. The zero-order chi connectivity index (χ0) is 22.1. The maximum atomic E-state index is 12.5. The first-order chi connectivity index (χ1) is 14.1. The Kier molecular flexibility index (Phi) is 6.34. The van der Waals surface area contributed by atoms with Gasteiger partial charge >= 0.3 is 0 Å². The summed E-state index contributed by atoms with van der Waals surface area (Å²) in [5.74, 6) is 1.02. The second kappa shape index (κ2) is 8.62. The van der Waals surface area contributed by atoms with Crippen LogP contribution in [0.4, 0.5) is 0 Å². The molecule has 1 atom stereocenters. The van der Waals surface area contributed by atoms with Crippen molar-refractivity contribution in [3.63, 3.8) is 0 Å². The predicted molar refractivity (Wildman–Crippen MR) is 120 cm³/mol. The maximum absolute atomic E-state index is 12.5. The van der Waals surface area contributed by atoms with E-state index in [1.165, 1.54) is 5.56 Å². The van der Waals surface area contributed by atoms with Gasteiger partial charge in [0.25, 0.3) is 0 Å². The third kappa shape index (κ3) is 4.74. The zero-order valence-electron chi connectivity index (χ0n) is 19.3. The van der Waals surface area contributed by atoms with E-state index in [4.69, 9.17) is 14.5 Å². The van der Waals surface area contributed by atoms with Crippen molar-refractivity contribution in [1.29, 1.82) is 0 Å². The molecule has 6 heteroatoms. The molecule has 0 saturated heterocycles. The van der Waals surface area contributed by atoms with Crippen molar-refractivity contribution in [2.75, 3.05) is 0 Å². The normalized spacial score (nSPS) is 13.0. The van der Waals surface area contributed by atoms with Crippen molar-refractivity contribution in [3.05, 3.63) is 46.7 Å². The van der Waals surface area contributed by atoms with Gasteiger partial charge in [-0.2, -0.15) is 5.10 Å². The van der Waals surface area contributed by atoms with Crippen LogP contribution in [0.2, 0.25) is 0 Å². The first-order valence-electron chi connectivity index (χ1n) is 10.8. The van der Waals surface area contributed by atoms with Crippen LogP contribution in [0.1, 0.15) is 68.8 Å². The second-order valence-corrected chi connectivity index (χ2v) is 9.25. The zero-order valence-corrected chi connectivity index (χ0v) is 19.3. The number of hydrogen-bond acceptors (Lipinski definition) is 4. The monoisotopic (exact) mass is 410 g/mol. The summed E-state index contributed by atoms with van der Waals surface area (Å²) in [6.07, 6.45) is 4.49. The third-order valence-electron chi connectivity index (χ3n) is 5.62. The number of rotatable bonds is 7. The van der Waals surface area contributed by atoms with Crippen molar-refractivity contribution in [1.82, 2.24) is 20.1 Å². The van der Waals surface area contributed by atoms with E-state index in [2.05, 4.69) is 33.0 Å². The molecule has 0 aromatic carbocycles. The van der Waals surface area contributed by atoms with E-state index < -0.39 is 0 Å². The fraction of sp³-hybridized carbons (Fsp3) is 0.542. The fourth-order valence-corrected chi connectivity index (χ4v) is 4.01. The topological polar surface area (TPSA) is 73.0 Å². The summed E-state index contributed by atoms with van der Waals surface area (Å²) in [4.78, 5) is 17.4. The van der Waals surface area contributed by atoms with Gasteiger partial charge in [-0.05, 0) is 84.6 Å². The van der Waals surface area contributed by atoms with E-state index in [-0.39, 0.29) is 17.5 Å². The summed E-state index contributed by atoms with van der Waals surface area (Å²) in [5.41, 5.74) is 5.09. The molecule has 3 heterocycles. The fourth-order valence-electron chi connectivity index (χ4n) is 4.01. The smallest absolute Gasteiger partial charge is 0.220 e. The predicted octanol–water partition coefficient (Wildman–Crippen LogP) is 4.77. The van der Waals surface area contributed by atoms with Crippen molar-refractivity contribution in [3.8, 4) is 0 Å². The summed E-state index contributed by atoms with van der Waals surface area (Å²) in [6.45, 7) is 14.6. The minimum Gasteiger partial charge on any atom is -0.469 e. The molecule has 0 unspecified atom stereocenters. The molecule has 0 fully saturated rings. The molecule has 0 aliphatic rings. The molecule has 0 spiro atoms. The lowest BCUT2D eigenvalue weighted by molar-refractivity contribution is -0.121. The van der Waals surface area contributed by atoms with Gasteiger partial charge in [-0.15, -0.1) is 0 Å². The Morgan fingerprint density at radius 2 is 1.93 bits per heavy atom. The van der Waals surface area contributed by atoms with Crippen molar-refractivity contribution < 1.29 is 9.21 Å². The number of aromatic nitrogens is 3. The highest BCUT2D eigenvalue weighted by Gasteiger charge is 2.23. The van der Waals surface area contributed by atoms with Crippen LogP contribution in [-0.4, -0.2) is 26.7 Å². The van der Waals surface area contributed by atoms with Gasteiger partial charge in [0, 0.05) is 30.0 Å². The number of carbonyl (C=O) groups is 1. The maximum Gasteiger partial charge on any atom is 0.220 e. The standard InChI is InChI=1S/C24H34N4O2/c1-15(10-11-19-9-8-14-30-19)25-21(29)13-12-20-16(2)22-18(4)27-28(24(5,6)7)23(22)26-17(20)3/h8-9,14-15H,10-13H2,1-7H3,(H,25,29)/t15-/m0/s1. The van der Waals surface area contributed by atoms with Crippen LogP contribution in [0.25, 0.3) is 11.0 Å². The van der Waals surface area contributed by atoms with E-state index in [9.17, 15) is 4.79 Å². The van der Waals surface area contributed by atoms with Gasteiger partial charge in [-0.1, -0.05) is 0 Å². The number of hydrogen-bond donors (Lipinski definition) is 1. The van der Waals surface area contributed by atoms with Crippen LogP contribution in [0.15, 0.2) is 22.8 Å². The van der Waals surface area contributed by atoms with Gasteiger partial charge in [0.1, 0.15) is 5.76 Å². The van der Waals surface area contributed by atoms with Gasteiger partial charge in [0.15, 0.2) is 5.65 Å². The summed E-state index contributed by atoms with van der Waals surface area (Å²) < 4.78 is 7.37. The largest absolute Gasteiger partial charge is 0.469 e. The molecule has 0 radical (unpaired) electrons. The molecule has 1 amide bonds. The molecule has 1 N–H and O–H groups in total. The van der Waals surface area contributed by atoms with E-state index in [0.29, 0.717) is 12.8 Å². The summed E-state index contributed by atoms with van der Waals surface area (Å²) in [6, 6.07) is 3.96. The molecule has 3 aromatic heterocycles. The number of nitrogens with zero attached hydrogens (tertiary/aromatic N) is 3. The first-order valence-corrected chi connectivity index (χ1v) is 10.8. The van der Waals surface area contributed by atoms with Gasteiger partial charge in [-0.3, -0.25) is 4.79 Å². The number of nitrogens with one attached hydrogen (secondary N) is 1. The molecule has 0 aliphatic heterocycles. The Morgan fingerprint density at radius 3 is 2.57 bits per heavy atom. The van der Waals surface area contributed by atoms with E-state index in [1.807, 2.05) is 37.6 Å². The lowest BCUT2D eigenvalue weighted by Gasteiger charge is -2.20. The van der Waals surface area contributed by atoms with Crippen molar-refractivity contribution in [2.24, 2.45) is 0 Å². The van der Waals surface area contributed by atoms with Crippen LogP contribution < -0.4 is 5.32 Å². The molecule has 3 aromatic rings. The highest BCUT2D eigenvalue weighted by atomic mass is 16.3. The Morgan fingerprint density at radius 1 is 1.20 bits per heavy atom. The highest BCUT2D eigenvalue weighted by molar-refractivity contribution is 5.84.